The molecule has 4 rings (SSSR count). The summed E-state index contributed by atoms with van der Waals surface area (Å²) in [5, 5.41) is 4.44. The molecule has 0 fully saturated rings. The zero-order chi connectivity index (χ0) is 11.9. The number of ether oxygens (including phenoxy) is 2. The predicted octanol–water partition coefficient (Wildman–Crippen LogP) is 2.18. The van der Waals surface area contributed by atoms with Crippen molar-refractivity contribution < 1.29 is 9.47 Å². The number of aromatic nitrogens is 1. The van der Waals surface area contributed by atoms with Crippen LogP contribution in [0.3, 0.4) is 0 Å². The van der Waals surface area contributed by atoms with Crippen molar-refractivity contribution in [2.45, 2.75) is 13.0 Å². The standard InChI is InChI=1S/C13H12N2O2S/c1-2-10-11(17-7-16-10)5-8(1)13-15-9-3-4-14-6-12(9)18-13/h1-2,5,14H,3-4,6-7H2. The summed E-state index contributed by atoms with van der Waals surface area (Å²) in [4.78, 5) is 6.08. The Morgan fingerprint density at radius 3 is 3.11 bits per heavy atom. The van der Waals surface area contributed by atoms with Gasteiger partial charge in [-0.25, -0.2) is 4.98 Å². The smallest absolute Gasteiger partial charge is 0.231 e. The van der Waals surface area contributed by atoms with E-state index in [0.29, 0.717) is 6.79 Å². The van der Waals surface area contributed by atoms with E-state index in [1.54, 1.807) is 11.3 Å². The van der Waals surface area contributed by atoms with E-state index in [1.807, 2.05) is 18.2 Å². The van der Waals surface area contributed by atoms with Crippen LogP contribution in [-0.2, 0) is 13.0 Å². The fourth-order valence-electron chi connectivity index (χ4n) is 2.28. The summed E-state index contributed by atoms with van der Waals surface area (Å²) in [6, 6.07) is 6.02. The summed E-state index contributed by atoms with van der Waals surface area (Å²) >= 11 is 1.76. The molecule has 0 bridgehead atoms. The molecule has 0 unspecified atom stereocenters. The molecule has 2 aliphatic heterocycles. The number of benzene rings is 1. The maximum Gasteiger partial charge on any atom is 0.231 e. The van der Waals surface area contributed by atoms with Gasteiger partial charge >= 0.3 is 0 Å². The van der Waals surface area contributed by atoms with Gasteiger partial charge in [0.2, 0.25) is 6.79 Å². The fraction of sp³-hybridized carbons (Fsp3) is 0.308. The minimum absolute atomic E-state index is 0.317. The molecule has 0 amide bonds. The summed E-state index contributed by atoms with van der Waals surface area (Å²) in [6.45, 7) is 2.28. The van der Waals surface area contributed by atoms with E-state index in [2.05, 4.69) is 5.32 Å². The Hall–Kier alpha value is -1.59. The average Bonchev–Trinajstić information content (AvgIpc) is 3.04. The topological polar surface area (TPSA) is 43.4 Å². The number of nitrogens with one attached hydrogen (secondary N) is 1. The van der Waals surface area contributed by atoms with Gasteiger partial charge in [0.25, 0.3) is 0 Å². The van der Waals surface area contributed by atoms with Crippen LogP contribution in [0.2, 0.25) is 0 Å². The first-order valence-corrected chi connectivity index (χ1v) is 6.81. The highest BCUT2D eigenvalue weighted by Gasteiger charge is 2.18. The summed E-state index contributed by atoms with van der Waals surface area (Å²) in [5.74, 6) is 1.64. The lowest BCUT2D eigenvalue weighted by molar-refractivity contribution is 0.174. The number of fused-ring (bicyclic) bond motifs is 2. The van der Waals surface area contributed by atoms with E-state index >= 15 is 0 Å². The van der Waals surface area contributed by atoms with E-state index in [9.17, 15) is 0 Å². The van der Waals surface area contributed by atoms with Crippen LogP contribution in [0.5, 0.6) is 11.5 Å². The van der Waals surface area contributed by atoms with Gasteiger partial charge in [-0.3, -0.25) is 0 Å². The van der Waals surface area contributed by atoms with Crippen LogP contribution < -0.4 is 14.8 Å². The Morgan fingerprint density at radius 2 is 2.17 bits per heavy atom. The Kier molecular flexibility index (Phi) is 2.28. The second-order valence-corrected chi connectivity index (χ2v) is 5.47. The molecule has 0 spiro atoms. The summed E-state index contributed by atoms with van der Waals surface area (Å²) < 4.78 is 10.7. The van der Waals surface area contributed by atoms with Crippen molar-refractivity contribution in [1.29, 1.82) is 0 Å². The molecule has 2 aliphatic rings. The number of hydrogen-bond acceptors (Lipinski definition) is 5. The lowest BCUT2D eigenvalue weighted by atomic mass is 10.2. The summed E-state index contributed by atoms with van der Waals surface area (Å²) in [7, 11) is 0. The Balaban J connectivity index is 1.76. The number of rotatable bonds is 1. The average molecular weight is 260 g/mol. The number of hydrogen-bond donors (Lipinski definition) is 1. The summed E-state index contributed by atoms with van der Waals surface area (Å²) in [6.07, 6.45) is 1.02. The van der Waals surface area contributed by atoms with Gasteiger partial charge in [0, 0.05) is 30.0 Å². The molecule has 2 aromatic rings. The Labute approximate surface area is 109 Å². The van der Waals surface area contributed by atoms with E-state index < -0.39 is 0 Å². The van der Waals surface area contributed by atoms with Gasteiger partial charge in [0.05, 0.1) is 5.69 Å². The molecule has 0 saturated carbocycles. The van der Waals surface area contributed by atoms with E-state index in [-0.39, 0.29) is 0 Å². The molecule has 3 heterocycles. The molecule has 1 aromatic carbocycles. The van der Waals surface area contributed by atoms with E-state index in [0.717, 1.165) is 41.6 Å². The van der Waals surface area contributed by atoms with Gasteiger partial charge in [0.1, 0.15) is 5.01 Å². The zero-order valence-electron chi connectivity index (χ0n) is 9.73. The van der Waals surface area contributed by atoms with Crippen molar-refractivity contribution in [2.75, 3.05) is 13.3 Å². The Morgan fingerprint density at radius 1 is 1.22 bits per heavy atom. The van der Waals surface area contributed by atoms with Crippen LogP contribution in [0, 0.1) is 0 Å². The minimum Gasteiger partial charge on any atom is -0.454 e. The maximum atomic E-state index is 5.40. The van der Waals surface area contributed by atoms with Gasteiger partial charge in [0.15, 0.2) is 11.5 Å². The molecule has 92 valence electrons. The SMILES string of the molecule is c1cc2c(cc1-c1nc3c(s1)CNCC3)OCO2. The first-order valence-electron chi connectivity index (χ1n) is 5.99. The number of nitrogens with zero attached hydrogens (tertiary/aromatic N) is 1. The fourth-order valence-corrected chi connectivity index (χ4v) is 3.35. The quantitative estimate of drug-likeness (QED) is 0.853. The monoisotopic (exact) mass is 260 g/mol. The van der Waals surface area contributed by atoms with Crippen LogP contribution in [0.25, 0.3) is 10.6 Å². The summed E-state index contributed by atoms with van der Waals surface area (Å²) in [5.41, 5.74) is 2.35. The van der Waals surface area contributed by atoms with Crippen LogP contribution in [0.4, 0.5) is 0 Å². The first-order chi connectivity index (χ1) is 8.90. The molecule has 1 N–H and O–H groups in total. The predicted molar refractivity (Wildman–Crippen MR) is 69.1 cm³/mol. The largest absolute Gasteiger partial charge is 0.454 e. The molecule has 4 nitrogen and oxygen atoms in total. The molecule has 5 heteroatoms. The van der Waals surface area contributed by atoms with Crippen LogP contribution in [-0.4, -0.2) is 18.3 Å². The van der Waals surface area contributed by atoms with Gasteiger partial charge < -0.3 is 14.8 Å². The van der Waals surface area contributed by atoms with Gasteiger partial charge in [-0.15, -0.1) is 11.3 Å². The second-order valence-electron chi connectivity index (χ2n) is 4.38. The highest BCUT2D eigenvalue weighted by atomic mass is 32.1. The molecule has 0 saturated heterocycles. The van der Waals surface area contributed by atoms with Crippen molar-refractivity contribution in [3.63, 3.8) is 0 Å². The third-order valence-electron chi connectivity index (χ3n) is 3.22. The van der Waals surface area contributed by atoms with Crippen molar-refractivity contribution in [3.05, 3.63) is 28.8 Å². The lowest BCUT2D eigenvalue weighted by Crippen LogP contribution is -2.22. The van der Waals surface area contributed by atoms with Crippen molar-refractivity contribution in [2.24, 2.45) is 0 Å². The van der Waals surface area contributed by atoms with Gasteiger partial charge in [-0.1, -0.05) is 0 Å². The van der Waals surface area contributed by atoms with Gasteiger partial charge in [-0.2, -0.15) is 0 Å². The Bertz CT molecular complexity index is 586. The molecular weight excluding hydrogens is 248 g/mol. The van der Waals surface area contributed by atoms with Crippen LogP contribution >= 0.6 is 11.3 Å². The third-order valence-corrected chi connectivity index (χ3v) is 4.37. The molecule has 0 atom stereocenters. The molecular formula is C13H12N2O2S. The molecule has 0 aliphatic carbocycles. The second kappa shape index (κ2) is 3.96. The van der Waals surface area contributed by atoms with Crippen molar-refractivity contribution in [3.8, 4) is 22.1 Å². The van der Waals surface area contributed by atoms with Crippen molar-refractivity contribution in [1.82, 2.24) is 10.3 Å². The van der Waals surface area contributed by atoms with Crippen LogP contribution in [0.1, 0.15) is 10.6 Å². The highest BCUT2D eigenvalue weighted by molar-refractivity contribution is 7.15. The first kappa shape index (κ1) is 10.3. The normalized spacial score (nSPS) is 16.7. The maximum absolute atomic E-state index is 5.40. The lowest BCUT2D eigenvalue weighted by Gasteiger charge is -2.09. The van der Waals surface area contributed by atoms with E-state index in [1.165, 1.54) is 10.6 Å². The molecule has 0 radical (unpaired) electrons. The zero-order valence-corrected chi connectivity index (χ0v) is 10.5. The minimum atomic E-state index is 0.317. The number of thiazole rings is 1. The van der Waals surface area contributed by atoms with Crippen LogP contribution in [0.15, 0.2) is 18.2 Å². The van der Waals surface area contributed by atoms with Gasteiger partial charge in [-0.05, 0) is 18.2 Å². The molecule has 1 aromatic heterocycles. The third kappa shape index (κ3) is 1.59. The highest BCUT2D eigenvalue weighted by Crippen LogP contribution is 2.37. The van der Waals surface area contributed by atoms with Crippen molar-refractivity contribution >= 4 is 11.3 Å². The molecule has 18 heavy (non-hydrogen) atoms. The van der Waals surface area contributed by atoms with E-state index in [4.69, 9.17) is 14.5 Å².